The lowest BCUT2D eigenvalue weighted by Crippen LogP contribution is -2.35. The van der Waals surface area contributed by atoms with Gasteiger partial charge in [0, 0.05) is 18.3 Å². The predicted molar refractivity (Wildman–Crippen MR) is 103 cm³/mol. The predicted octanol–water partition coefficient (Wildman–Crippen LogP) is 2.08. The molecule has 2 aromatic heterocycles. The highest BCUT2D eigenvalue weighted by Gasteiger charge is 2.20. The Balaban J connectivity index is 1.79. The molecule has 2 N–H and O–H groups in total. The number of nitrogens with one attached hydrogen (secondary N) is 1. The minimum atomic E-state index is -1.18. The number of fused-ring (bicyclic) bond motifs is 1. The van der Waals surface area contributed by atoms with Crippen molar-refractivity contribution in [1.82, 2.24) is 14.9 Å². The molecule has 3 rings (SSSR count). The number of carbonyl (C=O) groups is 2. The maximum absolute atomic E-state index is 12.8. The summed E-state index contributed by atoms with van der Waals surface area (Å²) in [7, 11) is 0. The second-order valence-electron chi connectivity index (χ2n) is 5.99. The molecule has 1 amide bonds. The van der Waals surface area contributed by atoms with Crippen LogP contribution in [0.1, 0.15) is 28.7 Å². The first-order valence-electron chi connectivity index (χ1n) is 8.56. The van der Waals surface area contributed by atoms with E-state index in [1.807, 2.05) is 37.3 Å². The van der Waals surface area contributed by atoms with Crippen LogP contribution in [0, 0.1) is 0 Å². The lowest BCUT2D eigenvalue weighted by Gasteiger charge is -2.12. The van der Waals surface area contributed by atoms with E-state index in [2.05, 4.69) is 10.3 Å². The first-order valence-corrected chi connectivity index (χ1v) is 9.44. The van der Waals surface area contributed by atoms with Gasteiger partial charge in [0.25, 0.3) is 5.56 Å². The number of thiophene rings is 1. The third kappa shape index (κ3) is 4.06. The van der Waals surface area contributed by atoms with Gasteiger partial charge in [-0.3, -0.25) is 14.2 Å². The number of carboxylic acids is 1. The Labute approximate surface area is 159 Å². The Bertz CT molecular complexity index is 1040. The minimum absolute atomic E-state index is 0.0572. The summed E-state index contributed by atoms with van der Waals surface area (Å²) in [5, 5.41) is 13.5. The topological polar surface area (TPSA) is 101 Å². The molecule has 8 heteroatoms. The molecule has 2 heterocycles. The molecule has 27 heavy (non-hydrogen) atoms. The first kappa shape index (κ1) is 18.8. The fraction of sp³-hybridized carbons (Fsp3) is 0.263. The number of carboxylic acid groups (broad SMARTS) is 1. The van der Waals surface area contributed by atoms with Crippen molar-refractivity contribution in [2.24, 2.45) is 0 Å². The van der Waals surface area contributed by atoms with Gasteiger partial charge in [0.2, 0.25) is 5.91 Å². The number of aromatic nitrogens is 2. The minimum Gasteiger partial charge on any atom is -0.478 e. The van der Waals surface area contributed by atoms with Gasteiger partial charge < -0.3 is 10.4 Å². The summed E-state index contributed by atoms with van der Waals surface area (Å²) >= 11 is 1.12. The zero-order valence-electron chi connectivity index (χ0n) is 14.8. The Morgan fingerprint density at radius 2 is 2.00 bits per heavy atom. The number of nitrogens with zero attached hydrogens (tertiary/aromatic N) is 2. The van der Waals surface area contributed by atoms with Crippen LogP contribution in [0.4, 0.5) is 0 Å². The van der Waals surface area contributed by atoms with Crippen molar-refractivity contribution in [3.63, 3.8) is 0 Å². The van der Waals surface area contributed by atoms with Crippen LogP contribution in [0.3, 0.4) is 0 Å². The number of aryl methyl sites for hydroxylation is 1. The summed E-state index contributed by atoms with van der Waals surface area (Å²) in [6.07, 6.45) is 1.15. The SMILES string of the molecule is CCc1nc2scc(C(=O)O)c2c(=O)n1CC(=O)NCCc1ccccc1. The van der Waals surface area contributed by atoms with Crippen LogP contribution in [-0.2, 0) is 24.2 Å². The quantitative estimate of drug-likeness (QED) is 0.648. The molecule has 0 spiro atoms. The van der Waals surface area contributed by atoms with Crippen molar-refractivity contribution in [2.75, 3.05) is 6.54 Å². The van der Waals surface area contributed by atoms with E-state index in [4.69, 9.17) is 0 Å². The average molecular weight is 385 g/mol. The number of aromatic carboxylic acids is 1. The summed E-state index contributed by atoms with van der Waals surface area (Å²) in [4.78, 5) is 41.2. The zero-order chi connectivity index (χ0) is 19.4. The molecule has 0 saturated heterocycles. The summed E-state index contributed by atoms with van der Waals surface area (Å²) < 4.78 is 1.26. The van der Waals surface area contributed by atoms with Crippen LogP contribution in [0.5, 0.6) is 0 Å². The van der Waals surface area contributed by atoms with E-state index in [1.54, 1.807) is 0 Å². The van der Waals surface area contributed by atoms with Gasteiger partial charge in [-0.2, -0.15) is 0 Å². The smallest absolute Gasteiger partial charge is 0.337 e. The molecular formula is C19H19N3O4S. The Hall–Kier alpha value is -3.00. The van der Waals surface area contributed by atoms with Gasteiger partial charge in [-0.15, -0.1) is 11.3 Å². The standard InChI is InChI=1S/C19H19N3O4S/c1-2-14-21-17-16(13(11-27-17)19(25)26)18(24)22(14)10-15(23)20-9-8-12-6-4-3-5-7-12/h3-7,11H,2,8-10H2,1H3,(H,20,23)(H,25,26). The number of rotatable bonds is 7. The van der Waals surface area contributed by atoms with E-state index in [0.29, 0.717) is 30.0 Å². The third-order valence-corrected chi connectivity index (χ3v) is 5.07. The number of hydrogen-bond acceptors (Lipinski definition) is 5. The van der Waals surface area contributed by atoms with Crippen molar-refractivity contribution < 1.29 is 14.7 Å². The largest absolute Gasteiger partial charge is 0.478 e. The summed E-state index contributed by atoms with van der Waals surface area (Å²) in [5.74, 6) is -1.02. The molecule has 0 unspecified atom stereocenters. The van der Waals surface area contributed by atoms with Gasteiger partial charge in [0.05, 0.1) is 10.9 Å². The van der Waals surface area contributed by atoms with Crippen LogP contribution in [-0.4, -0.2) is 33.1 Å². The van der Waals surface area contributed by atoms with Crippen LogP contribution >= 0.6 is 11.3 Å². The van der Waals surface area contributed by atoms with Crippen molar-refractivity contribution in [3.05, 3.63) is 63.0 Å². The van der Waals surface area contributed by atoms with Crippen LogP contribution in [0.25, 0.3) is 10.2 Å². The van der Waals surface area contributed by atoms with Crippen molar-refractivity contribution in [3.8, 4) is 0 Å². The van der Waals surface area contributed by atoms with E-state index in [9.17, 15) is 19.5 Å². The number of amides is 1. The summed E-state index contributed by atoms with van der Waals surface area (Å²) in [6, 6.07) is 9.76. The van der Waals surface area contributed by atoms with Crippen molar-refractivity contribution in [2.45, 2.75) is 26.3 Å². The highest BCUT2D eigenvalue weighted by atomic mass is 32.1. The average Bonchev–Trinajstić information content (AvgIpc) is 3.09. The third-order valence-electron chi connectivity index (χ3n) is 4.20. The van der Waals surface area contributed by atoms with E-state index >= 15 is 0 Å². The Morgan fingerprint density at radius 1 is 1.26 bits per heavy atom. The van der Waals surface area contributed by atoms with E-state index in [1.165, 1.54) is 9.95 Å². The second-order valence-corrected chi connectivity index (χ2v) is 6.85. The number of hydrogen-bond donors (Lipinski definition) is 2. The second kappa shape index (κ2) is 8.13. The lowest BCUT2D eigenvalue weighted by molar-refractivity contribution is -0.121. The molecule has 7 nitrogen and oxygen atoms in total. The van der Waals surface area contributed by atoms with Gasteiger partial charge in [-0.25, -0.2) is 9.78 Å². The van der Waals surface area contributed by atoms with Crippen LogP contribution in [0.2, 0.25) is 0 Å². The van der Waals surface area contributed by atoms with Gasteiger partial charge in [0.15, 0.2) is 0 Å². The van der Waals surface area contributed by atoms with Crippen molar-refractivity contribution >= 4 is 33.4 Å². The van der Waals surface area contributed by atoms with E-state index < -0.39 is 11.5 Å². The molecule has 0 bridgehead atoms. The molecule has 0 aliphatic carbocycles. The molecule has 140 valence electrons. The van der Waals surface area contributed by atoms with Gasteiger partial charge >= 0.3 is 5.97 Å². The van der Waals surface area contributed by atoms with E-state index in [-0.39, 0.29) is 23.4 Å². The fourth-order valence-corrected chi connectivity index (χ4v) is 3.77. The number of carbonyl (C=O) groups excluding carboxylic acids is 1. The van der Waals surface area contributed by atoms with E-state index in [0.717, 1.165) is 16.9 Å². The molecule has 0 atom stereocenters. The Kier molecular flexibility index (Phi) is 5.66. The maximum Gasteiger partial charge on any atom is 0.337 e. The highest BCUT2D eigenvalue weighted by molar-refractivity contribution is 7.17. The molecule has 0 aliphatic rings. The van der Waals surface area contributed by atoms with Crippen LogP contribution in [0.15, 0.2) is 40.5 Å². The molecule has 0 saturated carbocycles. The molecule has 0 radical (unpaired) electrons. The van der Waals surface area contributed by atoms with Gasteiger partial charge in [-0.05, 0) is 12.0 Å². The lowest BCUT2D eigenvalue weighted by atomic mass is 10.1. The summed E-state index contributed by atoms with van der Waals surface area (Å²) in [5.41, 5.74) is 0.541. The molecule has 0 aliphatic heterocycles. The number of benzene rings is 1. The maximum atomic E-state index is 12.8. The van der Waals surface area contributed by atoms with Gasteiger partial charge in [-0.1, -0.05) is 37.3 Å². The summed E-state index contributed by atoms with van der Waals surface area (Å²) in [6.45, 7) is 2.10. The van der Waals surface area contributed by atoms with Crippen LogP contribution < -0.4 is 10.9 Å². The molecule has 1 aromatic carbocycles. The first-order chi connectivity index (χ1) is 13.0. The highest BCUT2D eigenvalue weighted by Crippen LogP contribution is 2.21. The zero-order valence-corrected chi connectivity index (χ0v) is 15.6. The molecule has 3 aromatic rings. The van der Waals surface area contributed by atoms with Crippen molar-refractivity contribution in [1.29, 1.82) is 0 Å². The molecule has 0 fully saturated rings. The Morgan fingerprint density at radius 3 is 2.67 bits per heavy atom. The monoisotopic (exact) mass is 385 g/mol. The fourth-order valence-electron chi connectivity index (χ4n) is 2.85. The van der Waals surface area contributed by atoms with Gasteiger partial charge in [0.1, 0.15) is 17.2 Å². The molecular weight excluding hydrogens is 366 g/mol. The normalized spacial score (nSPS) is 10.9.